The summed E-state index contributed by atoms with van der Waals surface area (Å²) in [5.74, 6) is -5.96. The zero-order valence-corrected chi connectivity index (χ0v) is 19.2. The molecular formula is C20H13Cl4F5N2O2. The summed E-state index contributed by atoms with van der Waals surface area (Å²) in [5, 5.41) is 4.05. The van der Waals surface area contributed by atoms with Crippen molar-refractivity contribution in [3.63, 3.8) is 0 Å². The summed E-state index contributed by atoms with van der Waals surface area (Å²) in [7, 11) is 0. The van der Waals surface area contributed by atoms with E-state index >= 15 is 0 Å². The third-order valence-electron chi connectivity index (χ3n) is 4.85. The maximum Gasteiger partial charge on any atom is 0.397 e. The maximum atomic E-state index is 13.8. The summed E-state index contributed by atoms with van der Waals surface area (Å²) >= 11 is 23.8. The first kappa shape index (κ1) is 25.8. The van der Waals surface area contributed by atoms with Crippen molar-refractivity contribution in [2.24, 2.45) is 5.92 Å². The number of hydrogen-bond acceptors (Lipinski definition) is 2. The van der Waals surface area contributed by atoms with Gasteiger partial charge >= 0.3 is 6.18 Å². The third-order valence-corrected chi connectivity index (χ3v) is 6.52. The highest BCUT2D eigenvalue weighted by Crippen LogP contribution is 2.65. The summed E-state index contributed by atoms with van der Waals surface area (Å²) in [4.78, 5) is 24.1. The number of carbonyl (C=O) groups is 2. The lowest BCUT2D eigenvalue weighted by atomic mass is 10.1. The first-order valence-corrected chi connectivity index (χ1v) is 10.7. The predicted octanol–water partition coefficient (Wildman–Crippen LogP) is 6.37. The van der Waals surface area contributed by atoms with Crippen LogP contribution in [0.3, 0.4) is 0 Å². The van der Waals surface area contributed by atoms with Gasteiger partial charge in [0.05, 0.1) is 5.92 Å². The van der Waals surface area contributed by atoms with Crippen molar-refractivity contribution in [3.8, 4) is 0 Å². The minimum absolute atomic E-state index is 0.0451. The Hall–Kier alpha value is -1.81. The molecule has 0 spiro atoms. The smallest absolute Gasteiger partial charge is 0.352 e. The number of alkyl halides is 5. The molecule has 13 heteroatoms. The lowest BCUT2D eigenvalue weighted by molar-refractivity contribution is -0.153. The second-order valence-corrected chi connectivity index (χ2v) is 9.52. The van der Waals surface area contributed by atoms with Crippen LogP contribution in [0.25, 0.3) is 0 Å². The van der Waals surface area contributed by atoms with E-state index in [1.807, 2.05) is 0 Å². The standard InChI is InChI=1S/C20H13Cl4F5N2O2/c21-11-2-1-10(3-9(11)7-30-14(32)6-19(27,28)29)31-18(33)16-15(20(16,23)24)8-4-12(25)17(22)13(26)5-8/h1-5,15-16H,6-7H2,(H,30,32)(H,31,33). The molecule has 2 amide bonds. The van der Waals surface area contributed by atoms with Crippen molar-refractivity contribution in [1.29, 1.82) is 0 Å². The largest absolute Gasteiger partial charge is 0.397 e. The minimum Gasteiger partial charge on any atom is -0.352 e. The second kappa shape index (κ2) is 9.44. The number of hydrogen-bond donors (Lipinski definition) is 2. The highest BCUT2D eigenvalue weighted by molar-refractivity contribution is 6.53. The highest BCUT2D eigenvalue weighted by atomic mass is 35.5. The van der Waals surface area contributed by atoms with E-state index in [2.05, 4.69) is 10.6 Å². The van der Waals surface area contributed by atoms with Gasteiger partial charge in [-0.15, -0.1) is 23.2 Å². The van der Waals surface area contributed by atoms with Gasteiger partial charge in [0, 0.05) is 23.2 Å². The number of amides is 2. The molecular weight excluding hydrogens is 537 g/mol. The van der Waals surface area contributed by atoms with Crippen LogP contribution in [-0.2, 0) is 16.1 Å². The molecule has 0 aromatic heterocycles. The van der Waals surface area contributed by atoms with E-state index in [0.29, 0.717) is 0 Å². The van der Waals surface area contributed by atoms with E-state index in [4.69, 9.17) is 46.4 Å². The Morgan fingerprint density at radius 2 is 1.64 bits per heavy atom. The van der Waals surface area contributed by atoms with Crippen LogP contribution in [0.2, 0.25) is 10.0 Å². The molecule has 2 N–H and O–H groups in total. The van der Waals surface area contributed by atoms with Gasteiger partial charge in [-0.3, -0.25) is 9.59 Å². The van der Waals surface area contributed by atoms with Gasteiger partial charge in [-0.25, -0.2) is 8.78 Å². The first-order chi connectivity index (χ1) is 15.2. The number of rotatable bonds is 6. The lowest BCUT2D eigenvalue weighted by Crippen LogP contribution is -2.28. The quantitative estimate of drug-likeness (QED) is 0.250. The van der Waals surface area contributed by atoms with Crippen LogP contribution in [0.15, 0.2) is 30.3 Å². The summed E-state index contributed by atoms with van der Waals surface area (Å²) in [6.07, 6.45) is -6.31. The normalized spacial score (nSPS) is 19.2. The van der Waals surface area contributed by atoms with E-state index in [-0.39, 0.29) is 28.4 Å². The first-order valence-electron chi connectivity index (χ1n) is 9.15. The highest BCUT2D eigenvalue weighted by Gasteiger charge is 2.67. The van der Waals surface area contributed by atoms with Crippen molar-refractivity contribution in [3.05, 3.63) is 63.1 Å². The van der Waals surface area contributed by atoms with E-state index in [0.717, 1.165) is 12.1 Å². The molecule has 0 radical (unpaired) electrons. The number of anilines is 1. The number of carbonyl (C=O) groups excluding carboxylic acids is 2. The molecule has 0 bridgehead atoms. The van der Waals surface area contributed by atoms with E-state index in [9.17, 15) is 31.5 Å². The van der Waals surface area contributed by atoms with Crippen molar-refractivity contribution in [2.75, 3.05) is 5.32 Å². The zero-order chi connectivity index (χ0) is 24.7. The third kappa shape index (κ3) is 6.01. The molecule has 2 aromatic rings. The van der Waals surface area contributed by atoms with Crippen LogP contribution in [-0.4, -0.2) is 22.3 Å². The second-order valence-electron chi connectivity index (χ2n) is 7.29. The van der Waals surface area contributed by atoms with Crippen molar-refractivity contribution in [1.82, 2.24) is 5.32 Å². The zero-order valence-electron chi connectivity index (χ0n) is 16.2. The Balaban J connectivity index is 1.70. The topological polar surface area (TPSA) is 58.2 Å². The molecule has 0 aliphatic heterocycles. The molecule has 4 nitrogen and oxygen atoms in total. The van der Waals surface area contributed by atoms with E-state index in [1.54, 1.807) is 0 Å². The van der Waals surface area contributed by atoms with Crippen LogP contribution >= 0.6 is 46.4 Å². The van der Waals surface area contributed by atoms with Gasteiger partial charge in [0.15, 0.2) is 0 Å². The average Bonchev–Trinajstić information content (AvgIpc) is 3.27. The van der Waals surface area contributed by atoms with Gasteiger partial charge in [0.1, 0.15) is 27.4 Å². The van der Waals surface area contributed by atoms with Crippen molar-refractivity contribution < 1.29 is 31.5 Å². The van der Waals surface area contributed by atoms with E-state index in [1.165, 1.54) is 18.2 Å². The van der Waals surface area contributed by atoms with Crippen molar-refractivity contribution >= 4 is 63.9 Å². The fourth-order valence-electron chi connectivity index (χ4n) is 3.27. The predicted molar refractivity (Wildman–Crippen MR) is 115 cm³/mol. The maximum absolute atomic E-state index is 13.8. The molecule has 1 fully saturated rings. The van der Waals surface area contributed by atoms with Crippen LogP contribution in [0.1, 0.15) is 23.5 Å². The Morgan fingerprint density at radius 1 is 1.03 bits per heavy atom. The van der Waals surface area contributed by atoms with Crippen LogP contribution < -0.4 is 10.6 Å². The Labute approximate surface area is 204 Å². The minimum atomic E-state index is -4.66. The number of halogens is 9. The van der Waals surface area contributed by atoms with Crippen LogP contribution in [0.4, 0.5) is 27.6 Å². The average molecular weight is 550 g/mol. The van der Waals surface area contributed by atoms with E-state index < -0.39 is 57.2 Å². The fourth-order valence-corrected chi connectivity index (χ4v) is 4.39. The Bertz CT molecular complexity index is 1090. The van der Waals surface area contributed by atoms with Gasteiger partial charge in [-0.2, -0.15) is 13.2 Å². The summed E-state index contributed by atoms with van der Waals surface area (Å²) < 4.78 is 62.8. The number of benzene rings is 2. The van der Waals surface area contributed by atoms with Gasteiger partial charge < -0.3 is 10.6 Å². The molecule has 0 heterocycles. The van der Waals surface area contributed by atoms with Crippen molar-refractivity contribution in [2.45, 2.75) is 29.4 Å². The molecule has 33 heavy (non-hydrogen) atoms. The van der Waals surface area contributed by atoms with Gasteiger partial charge in [-0.05, 0) is 41.5 Å². The summed E-state index contributed by atoms with van der Waals surface area (Å²) in [5.41, 5.74) is 0.471. The molecule has 1 saturated carbocycles. The van der Waals surface area contributed by atoms with Gasteiger partial charge in [-0.1, -0.05) is 23.2 Å². The molecule has 3 rings (SSSR count). The summed E-state index contributed by atoms with van der Waals surface area (Å²) in [6, 6.07) is 5.99. The van der Waals surface area contributed by atoms with Gasteiger partial charge in [0.25, 0.3) is 0 Å². The van der Waals surface area contributed by atoms with Gasteiger partial charge in [0.2, 0.25) is 11.8 Å². The fraction of sp³-hybridized carbons (Fsp3) is 0.300. The molecule has 0 saturated heterocycles. The SMILES string of the molecule is O=C(CC(F)(F)F)NCc1cc(NC(=O)C2C(c3cc(F)c(Cl)c(F)c3)C2(Cl)Cl)ccc1Cl. The van der Waals surface area contributed by atoms with Crippen LogP contribution in [0, 0.1) is 17.6 Å². The summed E-state index contributed by atoms with van der Waals surface area (Å²) in [6.45, 7) is -0.318. The molecule has 1 aliphatic rings. The monoisotopic (exact) mass is 548 g/mol. The van der Waals surface area contributed by atoms with Crippen LogP contribution in [0.5, 0.6) is 0 Å². The molecule has 2 unspecified atom stereocenters. The molecule has 178 valence electrons. The Morgan fingerprint density at radius 3 is 2.21 bits per heavy atom. The molecule has 1 aliphatic carbocycles. The molecule has 2 aromatic carbocycles. The number of nitrogens with one attached hydrogen (secondary N) is 2. The Kier molecular flexibility index (Phi) is 7.39. The molecule has 2 atom stereocenters. The lowest BCUT2D eigenvalue weighted by Gasteiger charge is -2.11.